The van der Waals surface area contributed by atoms with Crippen LogP contribution in [0, 0.1) is 36.5 Å². The van der Waals surface area contributed by atoms with Gasteiger partial charge in [0.15, 0.2) is 11.3 Å². The quantitative estimate of drug-likeness (QED) is 0.215. The van der Waals surface area contributed by atoms with E-state index in [-0.39, 0.29) is 11.1 Å². The number of aromatic nitrogens is 4. The van der Waals surface area contributed by atoms with Gasteiger partial charge in [0.05, 0.1) is 85.9 Å². The molecular formula is C36H20N6O4S4. The number of benzene rings is 3. The molecule has 6 heterocycles. The lowest BCUT2D eigenvalue weighted by Crippen LogP contribution is -2.35. The average Bonchev–Trinajstić information content (AvgIpc) is 3.90. The molecule has 0 spiro atoms. The van der Waals surface area contributed by atoms with Crippen molar-refractivity contribution in [1.29, 1.82) is 10.5 Å². The Labute approximate surface area is 299 Å². The second-order valence-electron chi connectivity index (χ2n) is 11.5. The van der Waals surface area contributed by atoms with E-state index in [9.17, 15) is 20.1 Å². The van der Waals surface area contributed by atoms with E-state index < -0.39 is 0 Å². The van der Waals surface area contributed by atoms with Gasteiger partial charge in [0.25, 0.3) is 11.1 Å². The van der Waals surface area contributed by atoms with Gasteiger partial charge >= 0.3 is 0 Å². The number of rotatable bonds is 2. The maximum atomic E-state index is 14.2. The molecule has 4 aromatic heterocycles. The topological polar surface area (TPSA) is 135 Å². The van der Waals surface area contributed by atoms with E-state index in [1.54, 1.807) is 28.1 Å². The minimum atomic E-state index is -0.257. The number of nitriles is 2. The van der Waals surface area contributed by atoms with Gasteiger partial charge in [-0.05, 0) is 49.2 Å². The number of ether oxygens (including phenoxy) is 2. The normalized spacial score (nSPS) is 13.7. The van der Waals surface area contributed by atoms with Gasteiger partial charge in [0.1, 0.15) is 23.6 Å². The Hall–Kier alpha value is -5.12. The number of nitrogens with zero attached hydrogens (tertiary/aromatic N) is 6. The summed E-state index contributed by atoms with van der Waals surface area (Å²) in [4.78, 5) is 40.8. The van der Waals surface area contributed by atoms with Crippen molar-refractivity contribution in [3.63, 3.8) is 0 Å². The van der Waals surface area contributed by atoms with Crippen LogP contribution in [-0.2, 0) is 0 Å². The maximum absolute atomic E-state index is 14.2. The number of imidazole rings is 2. The van der Waals surface area contributed by atoms with Crippen LogP contribution in [0.25, 0.3) is 41.8 Å². The third-order valence-electron chi connectivity index (χ3n) is 8.96. The lowest BCUT2D eigenvalue weighted by molar-refractivity contribution is 0.365. The zero-order chi connectivity index (χ0) is 34.6. The molecule has 9 rings (SSSR count). The first-order chi connectivity index (χ1) is 24.3. The Morgan fingerprint density at radius 3 is 1.32 bits per heavy atom. The highest BCUT2D eigenvalue weighted by atomic mass is 32.2. The molecule has 2 aliphatic heterocycles. The average molecular weight is 729 g/mol. The molecule has 242 valence electrons. The Bertz CT molecular complexity index is 2820. The van der Waals surface area contributed by atoms with E-state index in [2.05, 4.69) is 22.1 Å². The van der Waals surface area contributed by atoms with Crippen LogP contribution >= 0.6 is 47.0 Å². The molecule has 50 heavy (non-hydrogen) atoms. The summed E-state index contributed by atoms with van der Waals surface area (Å²) >= 11 is 5.59. The fourth-order valence-corrected chi connectivity index (χ4v) is 12.6. The van der Waals surface area contributed by atoms with E-state index in [0.717, 1.165) is 19.6 Å². The molecule has 2 aliphatic rings. The number of methoxy groups -OCH3 is 2. The molecule has 0 saturated heterocycles. The first-order valence-electron chi connectivity index (χ1n) is 15.1. The van der Waals surface area contributed by atoms with Gasteiger partial charge in [-0.3, -0.25) is 18.4 Å². The van der Waals surface area contributed by atoms with Crippen molar-refractivity contribution in [3.8, 4) is 23.6 Å². The van der Waals surface area contributed by atoms with E-state index in [0.29, 0.717) is 86.0 Å². The van der Waals surface area contributed by atoms with Crippen LogP contribution in [0.1, 0.15) is 22.3 Å². The molecule has 0 atom stereocenters. The minimum Gasteiger partial charge on any atom is -0.494 e. The van der Waals surface area contributed by atoms with Gasteiger partial charge < -0.3 is 9.47 Å². The zero-order valence-corrected chi connectivity index (χ0v) is 29.8. The van der Waals surface area contributed by atoms with Crippen molar-refractivity contribution in [2.75, 3.05) is 14.2 Å². The van der Waals surface area contributed by atoms with Crippen LogP contribution in [0.4, 0.5) is 0 Å². The van der Waals surface area contributed by atoms with E-state index >= 15 is 0 Å². The van der Waals surface area contributed by atoms with Gasteiger partial charge in [-0.2, -0.15) is 10.5 Å². The number of hydrogen-bond donors (Lipinski definition) is 0. The molecule has 0 bridgehead atoms. The summed E-state index contributed by atoms with van der Waals surface area (Å²) in [6.07, 6.45) is 0. The highest BCUT2D eigenvalue weighted by Gasteiger charge is 2.38. The van der Waals surface area contributed by atoms with Gasteiger partial charge in [-0.1, -0.05) is 71.3 Å². The second-order valence-corrected chi connectivity index (χ2v) is 16.1. The maximum Gasteiger partial charge on any atom is 0.266 e. The summed E-state index contributed by atoms with van der Waals surface area (Å²) in [7, 11) is 3.19. The van der Waals surface area contributed by atoms with E-state index in [1.165, 1.54) is 55.8 Å². The Morgan fingerprint density at radius 1 is 0.620 bits per heavy atom. The van der Waals surface area contributed by atoms with Crippen LogP contribution in [-0.4, -0.2) is 33.0 Å². The summed E-state index contributed by atoms with van der Waals surface area (Å²) in [5.74, 6) is 1.19. The van der Waals surface area contributed by atoms with Crippen molar-refractivity contribution in [2.45, 2.75) is 33.4 Å². The number of hydrogen-bond acceptors (Lipinski definition) is 12. The van der Waals surface area contributed by atoms with Crippen molar-refractivity contribution < 1.29 is 9.47 Å². The molecule has 0 unspecified atom stereocenters. The molecule has 0 aliphatic carbocycles. The molecule has 3 aromatic carbocycles. The zero-order valence-electron chi connectivity index (χ0n) is 26.6. The SMILES string of the molecule is COc1c2c(c(OC)c3c1SC(=c1c(C)c(C#N)c4nc5ccccc5n4c1=O)S3)SC(=c1c(C)c(C#N)c3nc4ccccc4n3c1=O)S2. The molecular weight excluding hydrogens is 709 g/mol. The van der Waals surface area contributed by atoms with Gasteiger partial charge in [0, 0.05) is 0 Å². The molecule has 0 amide bonds. The molecule has 0 saturated carbocycles. The van der Waals surface area contributed by atoms with Gasteiger partial charge in [-0.25, -0.2) is 9.97 Å². The Balaban J connectivity index is 1.28. The van der Waals surface area contributed by atoms with Gasteiger partial charge in [-0.15, -0.1) is 0 Å². The number of thioether (sulfide) groups is 4. The third-order valence-corrected chi connectivity index (χ3v) is 14.2. The van der Waals surface area contributed by atoms with Crippen molar-refractivity contribution in [3.05, 3.63) is 102 Å². The highest BCUT2D eigenvalue weighted by molar-refractivity contribution is 8.33. The van der Waals surface area contributed by atoms with Crippen LogP contribution in [0.5, 0.6) is 11.5 Å². The predicted octanol–water partition coefficient (Wildman–Crippen LogP) is 5.75. The van der Waals surface area contributed by atoms with Crippen molar-refractivity contribution >= 4 is 88.9 Å². The third kappa shape index (κ3) is 4.01. The second kappa shape index (κ2) is 11.2. The lowest BCUT2D eigenvalue weighted by atomic mass is 10.1. The van der Waals surface area contributed by atoms with Crippen molar-refractivity contribution in [1.82, 2.24) is 18.8 Å². The lowest BCUT2D eigenvalue weighted by Gasteiger charge is -2.14. The summed E-state index contributed by atoms with van der Waals surface area (Å²) < 4.78 is 16.6. The monoisotopic (exact) mass is 728 g/mol. The number of fused-ring (bicyclic) bond motifs is 8. The highest BCUT2D eigenvalue weighted by Crippen LogP contribution is 2.68. The molecule has 0 N–H and O–H groups in total. The van der Waals surface area contributed by atoms with Crippen LogP contribution in [0.2, 0.25) is 0 Å². The number of pyridine rings is 2. The van der Waals surface area contributed by atoms with Crippen LogP contribution in [0.15, 0.2) is 77.7 Å². The van der Waals surface area contributed by atoms with Gasteiger partial charge in [0.2, 0.25) is 0 Å². The number of para-hydroxylation sites is 4. The van der Waals surface area contributed by atoms with Crippen molar-refractivity contribution in [2.24, 2.45) is 0 Å². The standard InChI is InChI=1S/C36H20N6O4S4/c1-15-17(13-37)31-39-19-9-5-7-11-21(19)41(31)33(43)23(15)35-47-27-25(45-3)29-30(26(46-4)28(27)48-35)50-36(49-29)24-16(2)18(14-38)32-40-20-10-6-8-12-22(20)42(32)34(24)44/h5-12H,1-4H3. The summed E-state index contributed by atoms with van der Waals surface area (Å²) in [5.41, 5.74) is 4.51. The fourth-order valence-electron chi connectivity index (χ4n) is 6.65. The van der Waals surface area contributed by atoms with E-state index in [4.69, 9.17) is 9.47 Å². The predicted molar refractivity (Wildman–Crippen MR) is 197 cm³/mol. The first-order valence-corrected chi connectivity index (χ1v) is 18.4. The molecule has 7 aromatic rings. The summed E-state index contributed by atoms with van der Waals surface area (Å²) in [5, 5.41) is 21.3. The Morgan fingerprint density at radius 2 is 0.980 bits per heavy atom. The summed E-state index contributed by atoms with van der Waals surface area (Å²) in [6, 6.07) is 19.3. The minimum absolute atomic E-state index is 0.257. The summed E-state index contributed by atoms with van der Waals surface area (Å²) in [6.45, 7) is 3.57. The first kappa shape index (κ1) is 30.9. The Kier molecular flexibility index (Phi) is 6.92. The largest absolute Gasteiger partial charge is 0.494 e. The van der Waals surface area contributed by atoms with E-state index in [1.807, 2.05) is 48.5 Å². The van der Waals surface area contributed by atoms with Crippen LogP contribution < -0.4 is 31.0 Å². The van der Waals surface area contributed by atoms with Crippen LogP contribution in [0.3, 0.4) is 0 Å². The molecule has 14 heteroatoms. The molecule has 10 nitrogen and oxygen atoms in total. The molecule has 0 radical (unpaired) electrons. The smallest absolute Gasteiger partial charge is 0.266 e. The molecule has 0 fully saturated rings. The fraction of sp³-hybridized carbons (Fsp3) is 0.111.